The number of carboxylic acid groups (broad SMARTS) is 1. The summed E-state index contributed by atoms with van der Waals surface area (Å²) in [5.41, 5.74) is 5.56. The Morgan fingerprint density at radius 1 is 0.844 bits per heavy atom. The summed E-state index contributed by atoms with van der Waals surface area (Å²) in [4.78, 5) is 25.1. The van der Waals surface area contributed by atoms with Crippen molar-refractivity contribution >= 4 is 40.0 Å². The molecule has 0 unspecified atom stereocenters. The van der Waals surface area contributed by atoms with Gasteiger partial charge in [0.2, 0.25) is 0 Å². The average molecular weight is 445 g/mol. The molecule has 3 aromatic carbocycles. The lowest BCUT2D eigenvalue weighted by molar-refractivity contribution is 0.0697. The molecule has 0 saturated carbocycles. The number of halogens is 1. The summed E-state index contributed by atoms with van der Waals surface area (Å²) in [5.74, 6) is -0.971. The van der Waals surface area contributed by atoms with Crippen LogP contribution >= 0.6 is 11.6 Å². The number of anilines is 2. The van der Waals surface area contributed by atoms with Crippen LogP contribution in [0, 0.1) is 0 Å². The number of piperazine rings is 1. The van der Waals surface area contributed by atoms with Crippen LogP contribution < -0.4 is 9.80 Å². The standard InChI is InChI=1S/C25H21ClN4O2/c26-19-5-7-20(8-6-19)29-10-12-30(13-11-29)21-3-1-2-17(14-21)24-16-27-23-15-18(25(31)32)4-9-22(23)28-24/h1-9,14-16H,10-13H2,(H,31,32). The molecule has 0 radical (unpaired) electrons. The highest BCUT2D eigenvalue weighted by molar-refractivity contribution is 6.30. The summed E-state index contributed by atoms with van der Waals surface area (Å²) in [6.07, 6.45) is 1.70. The third-order valence-corrected chi connectivity index (χ3v) is 6.02. The second-order valence-electron chi connectivity index (χ2n) is 7.76. The molecule has 1 fully saturated rings. The minimum atomic E-state index is -0.971. The van der Waals surface area contributed by atoms with E-state index in [1.54, 1.807) is 24.4 Å². The summed E-state index contributed by atoms with van der Waals surface area (Å²) in [7, 11) is 0. The fourth-order valence-electron chi connectivity index (χ4n) is 4.02. The lowest BCUT2D eigenvalue weighted by Gasteiger charge is -2.37. The molecule has 160 valence electrons. The van der Waals surface area contributed by atoms with Gasteiger partial charge in [0.25, 0.3) is 0 Å². The zero-order valence-corrected chi connectivity index (χ0v) is 18.0. The maximum absolute atomic E-state index is 11.2. The Labute approximate surface area is 190 Å². The first-order valence-corrected chi connectivity index (χ1v) is 10.8. The molecule has 1 aromatic heterocycles. The highest BCUT2D eigenvalue weighted by Gasteiger charge is 2.18. The van der Waals surface area contributed by atoms with Gasteiger partial charge in [-0.15, -0.1) is 0 Å². The van der Waals surface area contributed by atoms with Crippen LogP contribution in [0.25, 0.3) is 22.3 Å². The van der Waals surface area contributed by atoms with E-state index in [2.05, 4.69) is 39.0 Å². The third-order valence-electron chi connectivity index (χ3n) is 5.77. The molecule has 32 heavy (non-hydrogen) atoms. The number of aromatic carboxylic acids is 1. The van der Waals surface area contributed by atoms with Crippen molar-refractivity contribution in [2.45, 2.75) is 0 Å². The fraction of sp³-hybridized carbons (Fsp3) is 0.160. The van der Waals surface area contributed by atoms with Crippen molar-refractivity contribution in [2.75, 3.05) is 36.0 Å². The molecular formula is C25H21ClN4O2. The number of fused-ring (bicyclic) bond motifs is 1. The minimum Gasteiger partial charge on any atom is -0.478 e. The lowest BCUT2D eigenvalue weighted by atomic mass is 10.1. The van der Waals surface area contributed by atoms with Gasteiger partial charge in [0.15, 0.2) is 0 Å². The lowest BCUT2D eigenvalue weighted by Crippen LogP contribution is -2.46. The van der Waals surface area contributed by atoms with E-state index in [0.717, 1.165) is 48.1 Å². The van der Waals surface area contributed by atoms with Crippen LogP contribution in [0.15, 0.2) is 72.9 Å². The van der Waals surface area contributed by atoms with Crippen LogP contribution in [0.5, 0.6) is 0 Å². The van der Waals surface area contributed by atoms with Gasteiger partial charge in [0.1, 0.15) is 0 Å². The van der Waals surface area contributed by atoms with Gasteiger partial charge in [-0.25, -0.2) is 9.78 Å². The number of carboxylic acids is 1. The van der Waals surface area contributed by atoms with Crippen LogP contribution in [0.4, 0.5) is 11.4 Å². The Balaban J connectivity index is 1.34. The zero-order valence-electron chi connectivity index (χ0n) is 17.3. The molecule has 0 amide bonds. The number of benzene rings is 3. The molecule has 1 N–H and O–H groups in total. The molecule has 4 aromatic rings. The normalized spacial score (nSPS) is 14.0. The van der Waals surface area contributed by atoms with E-state index in [9.17, 15) is 4.79 Å². The van der Waals surface area contributed by atoms with Gasteiger partial charge in [0, 0.05) is 48.1 Å². The topological polar surface area (TPSA) is 69.6 Å². The summed E-state index contributed by atoms with van der Waals surface area (Å²) < 4.78 is 0. The predicted molar refractivity (Wildman–Crippen MR) is 128 cm³/mol. The molecule has 0 atom stereocenters. The van der Waals surface area contributed by atoms with E-state index >= 15 is 0 Å². The largest absolute Gasteiger partial charge is 0.478 e. The molecule has 2 heterocycles. The fourth-order valence-corrected chi connectivity index (χ4v) is 4.15. The van der Waals surface area contributed by atoms with Crippen molar-refractivity contribution < 1.29 is 9.90 Å². The Kier molecular flexibility index (Phi) is 5.37. The van der Waals surface area contributed by atoms with Gasteiger partial charge in [-0.05, 0) is 54.6 Å². The molecular weight excluding hydrogens is 424 g/mol. The highest BCUT2D eigenvalue weighted by Crippen LogP contribution is 2.27. The number of carbonyl (C=O) groups is 1. The monoisotopic (exact) mass is 444 g/mol. The first-order chi connectivity index (χ1) is 15.6. The maximum atomic E-state index is 11.2. The van der Waals surface area contributed by atoms with E-state index in [1.807, 2.05) is 24.3 Å². The molecule has 5 rings (SSSR count). The van der Waals surface area contributed by atoms with Crippen LogP contribution in [0.1, 0.15) is 10.4 Å². The molecule has 0 aliphatic carbocycles. The maximum Gasteiger partial charge on any atom is 0.335 e. The van der Waals surface area contributed by atoms with E-state index < -0.39 is 5.97 Å². The molecule has 1 saturated heterocycles. The van der Waals surface area contributed by atoms with Crippen LogP contribution in [0.3, 0.4) is 0 Å². The summed E-state index contributed by atoms with van der Waals surface area (Å²) in [5, 5.41) is 9.92. The zero-order chi connectivity index (χ0) is 22.1. The summed E-state index contributed by atoms with van der Waals surface area (Å²) in [6, 6.07) is 21.1. The Hall–Kier alpha value is -3.64. The van der Waals surface area contributed by atoms with Gasteiger partial charge >= 0.3 is 5.97 Å². The summed E-state index contributed by atoms with van der Waals surface area (Å²) in [6.45, 7) is 3.72. The van der Waals surface area contributed by atoms with Crippen LogP contribution in [-0.2, 0) is 0 Å². The van der Waals surface area contributed by atoms with Crippen molar-refractivity contribution in [3.8, 4) is 11.3 Å². The first-order valence-electron chi connectivity index (χ1n) is 10.4. The third kappa shape index (κ3) is 4.09. The van der Waals surface area contributed by atoms with E-state index in [0.29, 0.717) is 11.0 Å². The van der Waals surface area contributed by atoms with Crippen molar-refractivity contribution in [3.05, 3.63) is 83.5 Å². The van der Waals surface area contributed by atoms with E-state index in [1.165, 1.54) is 5.69 Å². The van der Waals surface area contributed by atoms with E-state index in [4.69, 9.17) is 21.7 Å². The minimum absolute atomic E-state index is 0.208. The second kappa shape index (κ2) is 8.48. The smallest absolute Gasteiger partial charge is 0.335 e. The van der Waals surface area contributed by atoms with Crippen molar-refractivity contribution in [1.82, 2.24) is 9.97 Å². The van der Waals surface area contributed by atoms with Gasteiger partial charge in [0.05, 0.1) is 28.5 Å². The van der Waals surface area contributed by atoms with Crippen LogP contribution in [-0.4, -0.2) is 47.2 Å². The molecule has 1 aliphatic heterocycles. The molecule has 0 bridgehead atoms. The predicted octanol–water partition coefficient (Wildman–Crippen LogP) is 4.98. The van der Waals surface area contributed by atoms with Gasteiger partial charge < -0.3 is 14.9 Å². The first kappa shape index (κ1) is 20.3. The number of hydrogen-bond acceptors (Lipinski definition) is 5. The van der Waals surface area contributed by atoms with Gasteiger partial charge in [-0.1, -0.05) is 23.7 Å². The second-order valence-corrected chi connectivity index (χ2v) is 8.20. The van der Waals surface area contributed by atoms with Crippen molar-refractivity contribution in [3.63, 3.8) is 0 Å². The number of rotatable bonds is 4. The molecule has 1 aliphatic rings. The summed E-state index contributed by atoms with van der Waals surface area (Å²) >= 11 is 6.01. The number of aromatic nitrogens is 2. The molecule has 0 spiro atoms. The van der Waals surface area contributed by atoms with Crippen LogP contribution in [0.2, 0.25) is 5.02 Å². The Morgan fingerprint density at radius 2 is 1.56 bits per heavy atom. The Bertz CT molecular complexity index is 1280. The van der Waals surface area contributed by atoms with E-state index in [-0.39, 0.29) is 5.56 Å². The number of hydrogen-bond donors (Lipinski definition) is 1. The average Bonchev–Trinajstić information content (AvgIpc) is 2.84. The number of nitrogens with zero attached hydrogens (tertiary/aromatic N) is 4. The van der Waals surface area contributed by atoms with Gasteiger partial charge in [-0.2, -0.15) is 0 Å². The molecule has 7 heteroatoms. The van der Waals surface area contributed by atoms with Gasteiger partial charge in [-0.3, -0.25) is 4.98 Å². The SMILES string of the molecule is O=C(O)c1ccc2nc(-c3cccc(N4CCN(c5ccc(Cl)cc5)CC4)c3)cnc2c1. The molecule has 6 nitrogen and oxygen atoms in total. The quantitative estimate of drug-likeness (QED) is 0.479. The Morgan fingerprint density at radius 3 is 2.28 bits per heavy atom. The van der Waals surface area contributed by atoms with Crippen molar-refractivity contribution in [1.29, 1.82) is 0 Å². The highest BCUT2D eigenvalue weighted by atomic mass is 35.5. The van der Waals surface area contributed by atoms with Crippen molar-refractivity contribution in [2.24, 2.45) is 0 Å².